The number of nitrogens with two attached hydrogens (primary N) is 1. The summed E-state index contributed by atoms with van der Waals surface area (Å²) < 4.78 is 11.6. The zero-order chi connectivity index (χ0) is 14.5. The van der Waals surface area contributed by atoms with Gasteiger partial charge in [-0.15, -0.1) is 11.3 Å². The maximum Gasteiger partial charge on any atom is 0.171 e. The zero-order valence-electron chi connectivity index (χ0n) is 12.0. The van der Waals surface area contributed by atoms with Crippen LogP contribution in [0.2, 0.25) is 0 Å². The van der Waals surface area contributed by atoms with Crippen LogP contribution in [-0.4, -0.2) is 38.1 Å². The topological polar surface area (TPSA) is 69.4 Å². The molecule has 6 heteroatoms. The third kappa shape index (κ3) is 3.53. The average molecular weight is 295 g/mol. The Bertz CT molecular complexity index is 542. The first-order valence-corrected chi connectivity index (χ1v) is 7.41. The van der Waals surface area contributed by atoms with E-state index in [0.717, 1.165) is 11.1 Å². The van der Waals surface area contributed by atoms with E-state index in [0.29, 0.717) is 6.54 Å². The van der Waals surface area contributed by atoms with Crippen molar-refractivity contribution < 1.29 is 9.47 Å². The van der Waals surface area contributed by atoms with E-state index in [4.69, 9.17) is 15.2 Å². The molecule has 0 radical (unpaired) electrons. The summed E-state index contributed by atoms with van der Waals surface area (Å²) in [5.74, 6) is 0. The number of ether oxygens (including phenoxy) is 2. The van der Waals surface area contributed by atoms with Crippen molar-refractivity contribution >= 4 is 21.6 Å². The lowest BCUT2D eigenvalue weighted by atomic mass is 10.1. The molecule has 110 valence electrons. The van der Waals surface area contributed by atoms with Crippen LogP contribution in [0.3, 0.4) is 0 Å². The molecule has 0 amide bonds. The van der Waals surface area contributed by atoms with Gasteiger partial charge in [-0.25, -0.2) is 4.98 Å². The maximum atomic E-state index is 6.22. The van der Waals surface area contributed by atoms with Gasteiger partial charge in [0.25, 0.3) is 0 Å². The summed E-state index contributed by atoms with van der Waals surface area (Å²) >= 11 is 1.64. The predicted molar refractivity (Wildman–Crippen MR) is 81.8 cm³/mol. The number of fused-ring (bicyclic) bond motifs is 1. The van der Waals surface area contributed by atoms with E-state index >= 15 is 0 Å². The summed E-state index contributed by atoms with van der Waals surface area (Å²) in [5.41, 5.74) is 10.1. The van der Waals surface area contributed by atoms with Gasteiger partial charge in [0, 0.05) is 26.8 Å². The van der Waals surface area contributed by atoms with Crippen molar-refractivity contribution in [1.82, 2.24) is 10.3 Å². The van der Waals surface area contributed by atoms with E-state index in [1.54, 1.807) is 25.6 Å². The fraction of sp³-hybridized carbons (Fsp3) is 0.500. The van der Waals surface area contributed by atoms with Crippen molar-refractivity contribution in [2.45, 2.75) is 25.3 Å². The van der Waals surface area contributed by atoms with E-state index in [2.05, 4.69) is 22.4 Å². The monoisotopic (exact) mass is 295 g/mol. The number of hydrogen-bond acceptors (Lipinski definition) is 6. The first kappa shape index (κ1) is 15.3. The summed E-state index contributed by atoms with van der Waals surface area (Å²) in [4.78, 5) is 4.31. The smallest absolute Gasteiger partial charge is 0.171 e. The molecule has 0 saturated carbocycles. The van der Waals surface area contributed by atoms with Crippen LogP contribution in [0, 0.1) is 0 Å². The van der Waals surface area contributed by atoms with Gasteiger partial charge in [-0.2, -0.15) is 0 Å². The maximum absolute atomic E-state index is 6.22. The molecular formula is C14H21N3O2S. The van der Waals surface area contributed by atoms with Gasteiger partial charge in [0.15, 0.2) is 6.29 Å². The second-order valence-corrected chi connectivity index (χ2v) is 5.61. The van der Waals surface area contributed by atoms with Crippen molar-refractivity contribution in [3.63, 3.8) is 0 Å². The Kier molecular flexibility index (Phi) is 5.45. The lowest BCUT2D eigenvalue weighted by molar-refractivity contribution is -0.119. The van der Waals surface area contributed by atoms with Crippen molar-refractivity contribution in [2.75, 3.05) is 20.8 Å². The third-order valence-electron chi connectivity index (χ3n) is 3.32. The van der Waals surface area contributed by atoms with Gasteiger partial charge < -0.3 is 20.5 Å². The number of nitrogens with one attached hydrogen (secondary N) is 1. The Morgan fingerprint density at radius 1 is 1.35 bits per heavy atom. The Morgan fingerprint density at radius 3 is 2.80 bits per heavy atom. The van der Waals surface area contributed by atoms with Gasteiger partial charge >= 0.3 is 0 Å². The van der Waals surface area contributed by atoms with E-state index in [1.165, 1.54) is 4.70 Å². The van der Waals surface area contributed by atoms with Crippen LogP contribution in [-0.2, 0) is 9.47 Å². The van der Waals surface area contributed by atoms with Crippen LogP contribution in [0.25, 0.3) is 10.2 Å². The molecule has 0 aliphatic carbocycles. The molecule has 1 heterocycles. The van der Waals surface area contributed by atoms with Gasteiger partial charge in [-0.05, 0) is 24.6 Å². The number of hydrogen-bond donors (Lipinski definition) is 2. The number of nitrogens with zero attached hydrogens (tertiary/aromatic N) is 1. The van der Waals surface area contributed by atoms with Gasteiger partial charge in [0.05, 0.1) is 21.8 Å². The van der Waals surface area contributed by atoms with Crippen molar-refractivity contribution in [2.24, 2.45) is 5.73 Å². The zero-order valence-corrected chi connectivity index (χ0v) is 12.8. The molecule has 0 fully saturated rings. The van der Waals surface area contributed by atoms with Crippen LogP contribution < -0.4 is 11.1 Å². The molecule has 0 aliphatic heterocycles. The molecule has 5 nitrogen and oxygen atoms in total. The highest BCUT2D eigenvalue weighted by Gasteiger charge is 2.16. The Balaban J connectivity index is 1.95. The fourth-order valence-corrected chi connectivity index (χ4v) is 2.80. The number of thiazole rings is 1. The van der Waals surface area contributed by atoms with Crippen molar-refractivity contribution in [3.05, 3.63) is 29.3 Å². The summed E-state index contributed by atoms with van der Waals surface area (Å²) in [7, 11) is 3.25. The van der Waals surface area contributed by atoms with Gasteiger partial charge in [-0.1, -0.05) is 6.07 Å². The second-order valence-electron chi connectivity index (χ2n) is 4.72. The molecule has 0 aliphatic rings. The van der Waals surface area contributed by atoms with Crippen LogP contribution in [0.5, 0.6) is 0 Å². The molecule has 0 spiro atoms. The van der Waals surface area contributed by atoms with Crippen LogP contribution in [0.15, 0.2) is 23.7 Å². The van der Waals surface area contributed by atoms with Gasteiger partial charge in [-0.3, -0.25) is 0 Å². The molecule has 2 unspecified atom stereocenters. The van der Waals surface area contributed by atoms with E-state index < -0.39 is 0 Å². The number of aromatic nitrogens is 1. The Labute approximate surface area is 123 Å². The largest absolute Gasteiger partial charge is 0.354 e. The molecule has 0 saturated heterocycles. The lowest BCUT2D eigenvalue weighted by Crippen LogP contribution is -2.42. The highest BCUT2D eigenvalue weighted by atomic mass is 32.1. The quantitative estimate of drug-likeness (QED) is 0.763. The Morgan fingerprint density at radius 2 is 2.10 bits per heavy atom. The summed E-state index contributed by atoms with van der Waals surface area (Å²) in [5, 5.41) is 3.33. The molecule has 1 aromatic carbocycles. The molecular weight excluding hydrogens is 274 g/mol. The minimum Gasteiger partial charge on any atom is -0.354 e. The van der Waals surface area contributed by atoms with E-state index in [1.807, 2.05) is 18.5 Å². The number of rotatable bonds is 7. The lowest BCUT2D eigenvalue weighted by Gasteiger charge is -2.24. The van der Waals surface area contributed by atoms with Crippen LogP contribution in [0.4, 0.5) is 0 Å². The minimum absolute atomic E-state index is 0.0686. The molecule has 2 aromatic rings. The predicted octanol–water partition coefficient (Wildman–Crippen LogP) is 1.89. The molecule has 2 atom stereocenters. The summed E-state index contributed by atoms with van der Waals surface area (Å²) in [6.07, 6.45) is -0.275. The minimum atomic E-state index is -0.275. The highest BCUT2D eigenvalue weighted by molar-refractivity contribution is 7.16. The van der Waals surface area contributed by atoms with Crippen molar-refractivity contribution in [1.29, 1.82) is 0 Å². The molecule has 2 rings (SSSR count). The summed E-state index contributed by atoms with van der Waals surface area (Å²) in [6.45, 7) is 2.66. The van der Waals surface area contributed by atoms with Crippen LogP contribution >= 0.6 is 11.3 Å². The second kappa shape index (κ2) is 7.10. The number of benzene rings is 1. The third-order valence-corrected chi connectivity index (χ3v) is 4.13. The SMILES string of the molecule is COC(OC)C(C)NCC(N)c1ccc2scnc2c1. The molecule has 1 aromatic heterocycles. The standard InChI is InChI=1S/C14H21N3O2S/c1-9(14(18-2)19-3)16-7-11(15)10-4-5-13-12(6-10)17-8-20-13/h4-6,8-9,11,14,16H,7,15H2,1-3H3. The van der Waals surface area contributed by atoms with E-state index in [-0.39, 0.29) is 18.4 Å². The Hall–Kier alpha value is -1.05. The van der Waals surface area contributed by atoms with Crippen molar-refractivity contribution in [3.8, 4) is 0 Å². The summed E-state index contributed by atoms with van der Waals surface area (Å²) in [6, 6.07) is 6.16. The average Bonchev–Trinajstić information content (AvgIpc) is 2.93. The molecule has 0 bridgehead atoms. The first-order valence-electron chi connectivity index (χ1n) is 6.53. The molecule has 3 N–H and O–H groups in total. The van der Waals surface area contributed by atoms with E-state index in [9.17, 15) is 0 Å². The molecule has 20 heavy (non-hydrogen) atoms. The van der Waals surface area contributed by atoms with Gasteiger partial charge in [0.2, 0.25) is 0 Å². The normalized spacial score (nSPS) is 14.8. The first-order chi connectivity index (χ1) is 9.65. The van der Waals surface area contributed by atoms with Gasteiger partial charge in [0.1, 0.15) is 0 Å². The van der Waals surface area contributed by atoms with Crippen LogP contribution in [0.1, 0.15) is 18.5 Å². The highest BCUT2D eigenvalue weighted by Crippen LogP contribution is 2.21. The number of methoxy groups -OCH3 is 2. The fourth-order valence-electron chi connectivity index (χ4n) is 2.14.